The van der Waals surface area contributed by atoms with Crippen molar-refractivity contribution in [2.24, 2.45) is 0 Å². The van der Waals surface area contributed by atoms with E-state index >= 15 is 0 Å². The van der Waals surface area contributed by atoms with Crippen LogP contribution in [-0.2, 0) is 4.74 Å². The van der Waals surface area contributed by atoms with Gasteiger partial charge in [0.2, 0.25) is 0 Å². The third-order valence-electron chi connectivity index (χ3n) is 3.89. The van der Waals surface area contributed by atoms with Crippen molar-refractivity contribution in [2.75, 3.05) is 32.1 Å². The first kappa shape index (κ1) is 15.1. The first-order valence-corrected chi connectivity index (χ1v) is 7.31. The minimum Gasteiger partial charge on any atom is -0.496 e. The topological polar surface area (TPSA) is 33.7 Å². The Morgan fingerprint density at radius 3 is 2.50 bits per heavy atom. The minimum absolute atomic E-state index is 0.245. The predicted octanol–water partition coefficient (Wildman–Crippen LogP) is 2.59. The van der Waals surface area contributed by atoms with E-state index in [-0.39, 0.29) is 18.2 Å². The second-order valence-corrected chi connectivity index (χ2v) is 5.57. The van der Waals surface area contributed by atoms with E-state index in [9.17, 15) is 0 Å². The van der Waals surface area contributed by atoms with Gasteiger partial charge in [-0.25, -0.2) is 0 Å². The number of methoxy groups -OCH3 is 1. The molecule has 1 heterocycles. The summed E-state index contributed by atoms with van der Waals surface area (Å²) >= 11 is 0. The fraction of sp³-hybridized carbons (Fsp3) is 0.625. The second kappa shape index (κ2) is 6.46. The van der Waals surface area contributed by atoms with Gasteiger partial charge in [0, 0.05) is 30.4 Å². The summed E-state index contributed by atoms with van der Waals surface area (Å²) in [5.41, 5.74) is 2.46. The van der Waals surface area contributed by atoms with Gasteiger partial charge in [-0.1, -0.05) is 6.07 Å². The normalized spacial score (nSPS) is 24.6. The van der Waals surface area contributed by atoms with Crippen LogP contribution in [0.5, 0.6) is 5.75 Å². The molecule has 0 saturated carbocycles. The van der Waals surface area contributed by atoms with E-state index in [0.29, 0.717) is 0 Å². The molecule has 0 bridgehead atoms. The summed E-state index contributed by atoms with van der Waals surface area (Å²) < 4.78 is 11.4. The molecule has 1 aromatic rings. The van der Waals surface area contributed by atoms with Crippen LogP contribution in [0, 0.1) is 0 Å². The van der Waals surface area contributed by atoms with E-state index in [0.717, 1.165) is 18.8 Å². The average molecular weight is 278 g/mol. The van der Waals surface area contributed by atoms with Crippen LogP contribution in [-0.4, -0.2) is 39.5 Å². The maximum absolute atomic E-state index is 5.83. The number of nitrogens with one attached hydrogen (secondary N) is 1. The van der Waals surface area contributed by atoms with Gasteiger partial charge >= 0.3 is 0 Å². The van der Waals surface area contributed by atoms with Crippen molar-refractivity contribution >= 4 is 5.69 Å². The highest BCUT2D eigenvalue weighted by molar-refractivity contribution is 5.61. The van der Waals surface area contributed by atoms with Gasteiger partial charge in [0.05, 0.1) is 19.3 Å². The molecular formula is C16H26N2O2. The molecule has 1 aliphatic rings. The van der Waals surface area contributed by atoms with Crippen molar-refractivity contribution in [3.8, 4) is 5.75 Å². The first-order chi connectivity index (χ1) is 9.56. The van der Waals surface area contributed by atoms with Crippen molar-refractivity contribution in [3.63, 3.8) is 0 Å². The van der Waals surface area contributed by atoms with Crippen LogP contribution >= 0.6 is 0 Å². The smallest absolute Gasteiger partial charge is 0.125 e. The summed E-state index contributed by atoms with van der Waals surface area (Å²) in [4.78, 5) is 2.41. The number of hydrogen-bond acceptors (Lipinski definition) is 4. The summed E-state index contributed by atoms with van der Waals surface area (Å²) in [7, 11) is 3.71. The number of nitrogens with zero attached hydrogens (tertiary/aromatic N) is 1. The van der Waals surface area contributed by atoms with E-state index in [4.69, 9.17) is 9.47 Å². The molecule has 0 spiro atoms. The summed E-state index contributed by atoms with van der Waals surface area (Å²) in [5, 5.41) is 3.32. The van der Waals surface area contributed by atoms with Crippen LogP contribution in [0.2, 0.25) is 0 Å². The van der Waals surface area contributed by atoms with E-state index < -0.39 is 0 Å². The molecule has 0 aromatic heterocycles. The lowest BCUT2D eigenvalue weighted by atomic mass is 10.0. The monoisotopic (exact) mass is 278 g/mol. The van der Waals surface area contributed by atoms with Crippen molar-refractivity contribution in [2.45, 2.75) is 39.0 Å². The predicted molar refractivity (Wildman–Crippen MR) is 82.7 cm³/mol. The van der Waals surface area contributed by atoms with Crippen molar-refractivity contribution < 1.29 is 9.47 Å². The summed E-state index contributed by atoms with van der Waals surface area (Å²) in [6.45, 7) is 8.25. The highest BCUT2D eigenvalue weighted by atomic mass is 16.5. The van der Waals surface area contributed by atoms with Crippen LogP contribution in [0.25, 0.3) is 0 Å². The van der Waals surface area contributed by atoms with Gasteiger partial charge in [0.1, 0.15) is 5.75 Å². The zero-order chi connectivity index (χ0) is 14.7. The zero-order valence-electron chi connectivity index (χ0n) is 13.1. The number of hydrogen-bond donors (Lipinski definition) is 1. The molecule has 1 saturated heterocycles. The van der Waals surface area contributed by atoms with Crippen LogP contribution < -0.4 is 15.0 Å². The molecule has 20 heavy (non-hydrogen) atoms. The Labute approximate surface area is 122 Å². The second-order valence-electron chi connectivity index (χ2n) is 5.57. The van der Waals surface area contributed by atoms with E-state index in [2.05, 4.69) is 43.1 Å². The molecule has 1 aromatic carbocycles. The van der Waals surface area contributed by atoms with Gasteiger partial charge in [-0.3, -0.25) is 0 Å². The molecule has 4 nitrogen and oxygen atoms in total. The van der Waals surface area contributed by atoms with Gasteiger partial charge in [-0.05, 0) is 40.0 Å². The third kappa shape index (κ3) is 3.07. The Bertz CT molecular complexity index is 440. The van der Waals surface area contributed by atoms with Crippen LogP contribution in [0.15, 0.2) is 18.2 Å². The van der Waals surface area contributed by atoms with Gasteiger partial charge in [0.25, 0.3) is 0 Å². The number of anilines is 1. The molecule has 1 N–H and O–H groups in total. The largest absolute Gasteiger partial charge is 0.496 e. The highest BCUT2D eigenvalue weighted by Gasteiger charge is 2.26. The van der Waals surface area contributed by atoms with E-state index in [1.54, 1.807) is 7.11 Å². The number of benzene rings is 1. The average Bonchev–Trinajstić information content (AvgIpc) is 2.44. The molecule has 112 valence electrons. The summed E-state index contributed by atoms with van der Waals surface area (Å²) in [5.74, 6) is 0.941. The third-order valence-corrected chi connectivity index (χ3v) is 3.89. The Kier molecular flexibility index (Phi) is 4.89. The van der Waals surface area contributed by atoms with Crippen LogP contribution in [0.1, 0.15) is 32.4 Å². The number of rotatable bonds is 4. The standard InChI is InChI=1S/C16H26N2O2/c1-11-9-18(10-12(2)20-11)14-7-6-8-15(19-5)16(14)13(3)17-4/h6-8,11-13,17H,9-10H2,1-5H3/t11-,12+,13?. The first-order valence-electron chi connectivity index (χ1n) is 7.31. The highest BCUT2D eigenvalue weighted by Crippen LogP contribution is 2.35. The van der Waals surface area contributed by atoms with Crippen molar-refractivity contribution in [1.29, 1.82) is 0 Å². The maximum atomic E-state index is 5.83. The minimum atomic E-state index is 0.245. The Morgan fingerprint density at radius 2 is 1.95 bits per heavy atom. The molecule has 0 radical (unpaired) electrons. The lowest BCUT2D eigenvalue weighted by Gasteiger charge is -2.38. The molecule has 0 aliphatic carbocycles. The van der Waals surface area contributed by atoms with Gasteiger partial charge < -0.3 is 19.7 Å². The van der Waals surface area contributed by atoms with Crippen LogP contribution in [0.4, 0.5) is 5.69 Å². The lowest BCUT2D eigenvalue weighted by Crippen LogP contribution is -2.46. The summed E-state index contributed by atoms with van der Waals surface area (Å²) in [6.07, 6.45) is 0.505. The quantitative estimate of drug-likeness (QED) is 0.918. The fourth-order valence-electron chi connectivity index (χ4n) is 2.94. The molecule has 0 amide bonds. The Morgan fingerprint density at radius 1 is 1.30 bits per heavy atom. The molecule has 2 rings (SSSR count). The molecule has 3 atom stereocenters. The number of ether oxygens (including phenoxy) is 2. The molecule has 4 heteroatoms. The van der Waals surface area contributed by atoms with Crippen LogP contribution in [0.3, 0.4) is 0 Å². The maximum Gasteiger partial charge on any atom is 0.125 e. The van der Waals surface area contributed by atoms with Crippen molar-refractivity contribution in [1.82, 2.24) is 5.32 Å². The summed E-state index contributed by atoms with van der Waals surface area (Å²) in [6, 6.07) is 6.51. The fourth-order valence-corrected chi connectivity index (χ4v) is 2.94. The van der Waals surface area contributed by atoms with E-state index in [1.807, 2.05) is 13.1 Å². The van der Waals surface area contributed by atoms with E-state index in [1.165, 1.54) is 11.3 Å². The molecule has 1 aliphatic heterocycles. The molecule has 1 fully saturated rings. The van der Waals surface area contributed by atoms with Gasteiger partial charge in [-0.2, -0.15) is 0 Å². The SMILES string of the molecule is CNC(C)c1c(OC)cccc1N1C[C@@H](C)O[C@@H](C)C1. The van der Waals surface area contributed by atoms with Gasteiger partial charge in [0.15, 0.2) is 0 Å². The molecule has 1 unspecified atom stereocenters. The lowest BCUT2D eigenvalue weighted by molar-refractivity contribution is -0.00529. The number of morpholine rings is 1. The molecular weight excluding hydrogens is 252 g/mol. The Hall–Kier alpha value is -1.26. The van der Waals surface area contributed by atoms with Crippen molar-refractivity contribution in [3.05, 3.63) is 23.8 Å². The Balaban J connectivity index is 2.39. The van der Waals surface area contributed by atoms with Gasteiger partial charge in [-0.15, -0.1) is 0 Å². The zero-order valence-corrected chi connectivity index (χ0v) is 13.1.